The van der Waals surface area contributed by atoms with Gasteiger partial charge in [0.1, 0.15) is 0 Å². The number of sulfone groups is 1. The molecule has 0 amide bonds. The summed E-state index contributed by atoms with van der Waals surface area (Å²) in [7, 11) is -2.76. The first kappa shape index (κ1) is 12.3. The van der Waals surface area contributed by atoms with Crippen molar-refractivity contribution in [1.82, 2.24) is 0 Å². The van der Waals surface area contributed by atoms with Crippen molar-refractivity contribution in [2.45, 2.75) is 19.8 Å². The van der Waals surface area contributed by atoms with Crippen LogP contribution in [-0.2, 0) is 9.84 Å². The number of quaternary nitrogens is 1. The number of piperidine rings is 1. The summed E-state index contributed by atoms with van der Waals surface area (Å²) < 4.78 is 23.8. The van der Waals surface area contributed by atoms with E-state index >= 15 is 0 Å². The third-order valence-electron chi connectivity index (χ3n) is 4.51. The van der Waals surface area contributed by atoms with Crippen LogP contribution < -0.4 is 0 Å². The molecule has 1 N–H and O–H groups in total. The molecule has 1 spiro atoms. The monoisotopic (exact) mass is 248 g/mol. The standard InChI is InChI=1S/C11H22NO3S/c1-11(10-13)2-4-12(5-3-11)6-8-16(14,15)9-7-12/h13H,2-10H2,1H3/q+1. The fourth-order valence-corrected chi connectivity index (χ4v) is 4.27. The van der Waals surface area contributed by atoms with E-state index in [1.54, 1.807) is 0 Å². The van der Waals surface area contributed by atoms with Gasteiger partial charge in [-0.1, -0.05) is 6.92 Å². The molecule has 94 valence electrons. The first-order valence-electron chi connectivity index (χ1n) is 6.05. The number of hydrogen-bond acceptors (Lipinski definition) is 3. The van der Waals surface area contributed by atoms with Crippen LogP contribution >= 0.6 is 0 Å². The van der Waals surface area contributed by atoms with E-state index in [0.29, 0.717) is 11.5 Å². The van der Waals surface area contributed by atoms with Gasteiger partial charge in [-0.25, -0.2) is 8.42 Å². The van der Waals surface area contributed by atoms with Crippen LogP contribution in [0.15, 0.2) is 0 Å². The summed E-state index contributed by atoms with van der Waals surface area (Å²) >= 11 is 0. The Labute approximate surface area is 97.8 Å². The quantitative estimate of drug-likeness (QED) is 0.666. The van der Waals surface area contributed by atoms with Crippen LogP contribution in [0.25, 0.3) is 0 Å². The van der Waals surface area contributed by atoms with E-state index in [9.17, 15) is 13.5 Å². The normalized spacial score (nSPS) is 31.4. The molecule has 0 aliphatic carbocycles. The molecule has 2 aliphatic heterocycles. The molecular weight excluding hydrogens is 226 g/mol. The molecule has 0 bridgehead atoms. The highest BCUT2D eigenvalue weighted by Gasteiger charge is 2.42. The maximum absolute atomic E-state index is 11.4. The van der Waals surface area contributed by atoms with E-state index in [4.69, 9.17) is 0 Å². The second-order valence-corrected chi connectivity index (χ2v) is 8.16. The minimum atomic E-state index is -2.76. The van der Waals surface area contributed by atoms with Crippen molar-refractivity contribution >= 4 is 9.84 Å². The molecule has 0 aromatic heterocycles. The lowest BCUT2D eigenvalue weighted by molar-refractivity contribution is -0.931. The molecule has 0 unspecified atom stereocenters. The zero-order valence-corrected chi connectivity index (χ0v) is 10.8. The third kappa shape index (κ3) is 2.41. The summed E-state index contributed by atoms with van der Waals surface area (Å²) in [5.41, 5.74) is 0.0693. The topological polar surface area (TPSA) is 54.4 Å². The predicted octanol–water partition coefficient (Wildman–Crippen LogP) is 0.0240. The van der Waals surface area contributed by atoms with E-state index in [0.717, 1.165) is 43.5 Å². The van der Waals surface area contributed by atoms with Crippen LogP contribution in [0.2, 0.25) is 0 Å². The van der Waals surface area contributed by atoms with Crippen molar-refractivity contribution in [3.63, 3.8) is 0 Å². The van der Waals surface area contributed by atoms with E-state index < -0.39 is 9.84 Å². The van der Waals surface area contributed by atoms with Crippen molar-refractivity contribution in [2.75, 3.05) is 44.3 Å². The highest BCUT2D eigenvalue weighted by molar-refractivity contribution is 7.91. The first-order valence-corrected chi connectivity index (χ1v) is 7.87. The molecule has 0 saturated carbocycles. The number of hydrogen-bond donors (Lipinski definition) is 1. The van der Waals surface area contributed by atoms with Crippen molar-refractivity contribution < 1.29 is 18.0 Å². The predicted molar refractivity (Wildman–Crippen MR) is 62.8 cm³/mol. The van der Waals surface area contributed by atoms with Gasteiger partial charge in [0.2, 0.25) is 0 Å². The summed E-state index contributed by atoms with van der Waals surface area (Å²) in [6.07, 6.45) is 2.03. The summed E-state index contributed by atoms with van der Waals surface area (Å²) in [5.74, 6) is 0.700. The lowest BCUT2D eigenvalue weighted by atomic mass is 9.80. The maximum Gasteiger partial charge on any atom is 0.161 e. The van der Waals surface area contributed by atoms with Crippen LogP contribution in [0.1, 0.15) is 19.8 Å². The second kappa shape index (κ2) is 3.96. The zero-order valence-electron chi connectivity index (χ0n) is 9.98. The smallest absolute Gasteiger partial charge is 0.161 e. The Morgan fingerprint density at radius 1 is 1.12 bits per heavy atom. The van der Waals surface area contributed by atoms with Crippen LogP contribution in [-0.4, -0.2) is 62.3 Å². The molecule has 2 aliphatic rings. The Balaban J connectivity index is 1.99. The minimum absolute atomic E-state index is 0.0693. The molecule has 4 nitrogen and oxygen atoms in total. The molecule has 2 saturated heterocycles. The third-order valence-corrected chi connectivity index (χ3v) is 6.12. The molecule has 5 heteroatoms. The Morgan fingerprint density at radius 3 is 2.06 bits per heavy atom. The van der Waals surface area contributed by atoms with Crippen LogP contribution in [0.4, 0.5) is 0 Å². The average molecular weight is 248 g/mol. The molecule has 2 fully saturated rings. The van der Waals surface area contributed by atoms with Gasteiger partial charge in [0.25, 0.3) is 0 Å². The molecule has 0 aromatic rings. The highest BCUT2D eigenvalue weighted by atomic mass is 32.2. The molecule has 16 heavy (non-hydrogen) atoms. The SMILES string of the molecule is CC1(CO)CC[N+]2(CC1)CCS(=O)(=O)CC2. The number of aliphatic hydroxyl groups is 1. The summed E-state index contributed by atoms with van der Waals surface area (Å²) in [5, 5.41) is 9.32. The van der Waals surface area contributed by atoms with Crippen molar-refractivity contribution in [2.24, 2.45) is 5.41 Å². The lowest BCUT2D eigenvalue weighted by Crippen LogP contribution is -2.61. The van der Waals surface area contributed by atoms with Gasteiger partial charge < -0.3 is 9.59 Å². The number of aliphatic hydroxyl groups excluding tert-OH is 1. The summed E-state index contributed by atoms with van der Waals surface area (Å²) in [6.45, 7) is 6.02. The van der Waals surface area contributed by atoms with Gasteiger partial charge in [0.05, 0.1) is 37.7 Å². The lowest BCUT2D eigenvalue weighted by Gasteiger charge is -2.48. The van der Waals surface area contributed by atoms with Crippen molar-refractivity contribution in [3.8, 4) is 0 Å². The van der Waals surface area contributed by atoms with Gasteiger partial charge in [-0.2, -0.15) is 0 Å². The van der Waals surface area contributed by atoms with Crippen molar-refractivity contribution in [3.05, 3.63) is 0 Å². The Morgan fingerprint density at radius 2 is 1.62 bits per heavy atom. The zero-order chi connectivity index (χ0) is 11.9. The van der Waals surface area contributed by atoms with Gasteiger partial charge >= 0.3 is 0 Å². The minimum Gasteiger partial charge on any atom is -0.396 e. The molecule has 0 atom stereocenters. The Bertz CT molecular complexity index is 339. The van der Waals surface area contributed by atoms with Crippen LogP contribution in [0.3, 0.4) is 0 Å². The Kier molecular flexibility index (Phi) is 3.05. The fraction of sp³-hybridized carbons (Fsp3) is 1.00. The molecule has 2 heterocycles. The first-order chi connectivity index (χ1) is 7.39. The van der Waals surface area contributed by atoms with E-state index in [2.05, 4.69) is 6.92 Å². The van der Waals surface area contributed by atoms with E-state index in [1.807, 2.05) is 0 Å². The summed E-state index contributed by atoms with van der Waals surface area (Å²) in [4.78, 5) is 0. The maximum atomic E-state index is 11.4. The van der Waals surface area contributed by atoms with Crippen molar-refractivity contribution in [1.29, 1.82) is 0 Å². The largest absolute Gasteiger partial charge is 0.396 e. The second-order valence-electron chi connectivity index (χ2n) is 5.86. The number of nitrogens with zero attached hydrogens (tertiary/aromatic N) is 1. The molecule has 0 aromatic carbocycles. The van der Waals surface area contributed by atoms with Gasteiger partial charge in [0, 0.05) is 24.9 Å². The van der Waals surface area contributed by atoms with E-state index in [-0.39, 0.29) is 12.0 Å². The van der Waals surface area contributed by atoms with E-state index in [1.165, 1.54) is 0 Å². The summed E-state index contributed by atoms with van der Waals surface area (Å²) in [6, 6.07) is 0. The average Bonchev–Trinajstić information content (AvgIpc) is 2.27. The number of rotatable bonds is 1. The van der Waals surface area contributed by atoms with Gasteiger partial charge in [-0.3, -0.25) is 0 Å². The van der Waals surface area contributed by atoms with Crippen LogP contribution in [0.5, 0.6) is 0 Å². The van der Waals surface area contributed by atoms with Crippen LogP contribution in [0, 0.1) is 5.41 Å². The molecule has 2 rings (SSSR count). The van der Waals surface area contributed by atoms with Gasteiger partial charge in [0.15, 0.2) is 9.84 Å². The Hall–Kier alpha value is -0.130. The fourth-order valence-electron chi connectivity index (χ4n) is 2.74. The highest BCUT2D eigenvalue weighted by Crippen LogP contribution is 2.34. The van der Waals surface area contributed by atoms with Gasteiger partial charge in [-0.05, 0) is 0 Å². The van der Waals surface area contributed by atoms with Gasteiger partial charge in [-0.15, -0.1) is 0 Å². The molecule has 0 radical (unpaired) electrons. The molecular formula is C11H22NO3S+.